The fourth-order valence-electron chi connectivity index (χ4n) is 2.16. The highest BCUT2D eigenvalue weighted by atomic mass is 16.7. The van der Waals surface area contributed by atoms with Gasteiger partial charge in [-0.2, -0.15) is 0 Å². The zero-order chi connectivity index (χ0) is 12.8. The molecule has 1 unspecified atom stereocenters. The Morgan fingerprint density at radius 2 is 2.22 bits per heavy atom. The van der Waals surface area contributed by atoms with Gasteiger partial charge in [0, 0.05) is 12.5 Å². The minimum atomic E-state index is -0.477. The van der Waals surface area contributed by atoms with Crippen LogP contribution in [0, 0.1) is 11.8 Å². The van der Waals surface area contributed by atoms with Crippen molar-refractivity contribution in [1.82, 2.24) is 0 Å². The van der Waals surface area contributed by atoms with Crippen LogP contribution in [0.5, 0.6) is 0 Å². The van der Waals surface area contributed by atoms with E-state index in [1.165, 1.54) is 0 Å². The Kier molecular flexibility index (Phi) is 4.62. The monoisotopic (exact) mass is 252 g/mol. The molecule has 18 heavy (non-hydrogen) atoms. The highest BCUT2D eigenvalue weighted by Crippen LogP contribution is 2.37. The largest absolute Gasteiger partial charge is 0.456 e. The minimum Gasteiger partial charge on any atom is -0.456 e. The van der Waals surface area contributed by atoms with E-state index in [0.29, 0.717) is 6.61 Å². The van der Waals surface area contributed by atoms with E-state index < -0.39 is 11.6 Å². The Hall–Kier alpha value is -1.05. The van der Waals surface area contributed by atoms with Crippen LogP contribution in [-0.4, -0.2) is 31.1 Å². The molecule has 100 valence electrons. The summed E-state index contributed by atoms with van der Waals surface area (Å²) in [4.78, 5) is 11.2. The lowest BCUT2D eigenvalue weighted by Gasteiger charge is -2.40. The van der Waals surface area contributed by atoms with Crippen LogP contribution in [0.1, 0.15) is 45.4 Å². The maximum Gasteiger partial charge on any atom is 0.384 e. The Bertz CT molecular complexity index is 343. The molecule has 4 heteroatoms. The molecule has 0 spiro atoms. The third-order valence-electron chi connectivity index (χ3n) is 3.32. The summed E-state index contributed by atoms with van der Waals surface area (Å²) >= 11 is 0. The van der Waals surface area contributed by atoms with Gasteiger partial charge in [-0.15, -0.1) is 0 Å². The van der Waals surface area contributed by atoms with Crippen LogP contribution < -0.4 is 0 Å². The van der Waals surface area contributed by atoms with Crippen molar-refractivity contribution in [2.75, 3.05) is 13.2 Å². The maximum absolute atomic E-state index is 11.2. The van der Waals surface area contributed by atoms with Gasteiger partial charge in [0.15, 0.2) is 6.29 Å². The summed E-state index contributed by atoms with van der Waals surface area (Å²) < 4.78 is 16.3. The molecule has 0 aromatic carbocycles. The third-order valence-corrected chi connectivity index (χ3v) is 3.32. The van der Waals surface area contributed by atoms with Gasteiger partial charge in [-0.05, 0) is 45.4 Å². The molecule has 2 fully saturated rings. The summed E-state index contributed by atoms with van der Waals surface area (Å²) in [6.07, 6.45) is 5.83. The average molecular weight is 252 g/mol. The van der Waals surface area contributed by atoms with Crippen LogP contribution in [0.15, 0.2) is 0 Å². The van der Waals surface area contributed by atoms with E-state index in [0.717, 1.165) is 45.1 Å². The smallest absolute Gasteiger partial charge is 0.384 e. The molecular weight excluding hydrogens is 232 g/mol. The summed E-state index contributed by atoms with van der Waals surface area (Å²) in [5.74, 6) is 4.99. The van der Waals surface area contributed by atoms with Gasteiger partial charge in [0.05, 0.1) is 6.61 Å². The predicted molar refractivity (Wildman–Crippen MR) is 65.7 cm³/mol. The lowest BCUT2D eigenvalue weighted by atomic mass is 9.80. The first-order chi connectivity index (χ1) is 8.74. The van der Waals surface area contributed by atoms with Crippen molar-refractivity contribution in [3.05, 3.63) is 0 Å². The van der Waals surface area contributed by atoms with Crippen molar-refractivity contribution in [3.8, 4) is 11.8 Å². The molecular formula is C14H20O4. The molecule has 4 nitrogen and oxygen atoms in total. The second-order valence-corrected chi connectivity index (χ2v) is 4.73. The lowest BCUT2D eigenvalue weighted by molar-refractivity contribution is -0.226. The van der Waals surface area contributed by atoms with E-state index in [2.05, 4.69) is 11.8 Å². The number of ether oxygens (including phenoxy) is 3. The molecule has 0 amide bonds. The summed E-state index contributed by atoms with van der Waals surface area (Å²) in [7, 11) is 0. The second kappa shape index (κ2) is 6.21. The van der Waals surface area contributed by atoms with Crippen molar-refractivity contribution >= 4 is 5.97 Å². The molecule has 1 saturated carbocycles. The molecule has 1 aliphatic heterocycles. The molecule has 2 rings (SSSR count). The predicted octanol–water partition coefficient (Wildman–Crippen LogP) is 2.02. The number of carbonyl (C=O) groups excluding carboxylic acids is 1. The van der Waals surface area contributed by atoms with E-state index in [4.69, 9.17) is 14.2 Å². The first kappa shape index (κ1) is 13.4. The van der Waals surface area contributed by atoms with Gasteiger partial charge < -0.3 is 14.2 Å². The summed E-state index contributed by atoms with van der Waals surface area (Å²) in [5, 5.41) is 0. The number of esters is 1. The van der Waals surface area contributed by atoms with Crippen molar-refractivity contribution in [2.24, 2.45) is 0 Å². The zero-order valence-electron chi connectivity index (χ0n) is 10.9. The van der Waals surface area contributed by atoms with Crippen LogP contribution in [-0.2, 0) is 19.0 Å². The fourth-order valence-corrected chi connectivity index (χ4v) is 2.16. The molecule has 0 aromatic rings. The van der Waals surface area contributed by atoms with Gasteiger partial charge in [-0.1, -0.05) is 5.92 Å². The zero-order valence-corrected chi connectivity index (χ0v) is 10.9. The Morgan fingerprint density at radius 3 is 2.78 bits per heavy atom. The fraction of sp³-hybridized carbons (Fsp3) is 0.786. The van der Waals surface area contributed by atoms with Crippen LogP contribution in [0.3, 0.4) is 0 Å². The average Bonchev–Trinajstić information content (AvgIpc) is 2.34. The quantitative estimate of drug-likeness (QED) is 0.438. The second-order valence-electron chi connectivity index (χ2n) is 4.73. The third kappa shape index (κ3) is 3.47. The van der Waals surface area contributed by atoms with Crippen LogP contribution in [0.25, 0.3) is 0 Å². The normalized spacial score (nSPS) is 25.5. The van der Waals surface area contributed by atoms with Gasteiger partial charge >= 0.3 is 5.97 Å². The SMILES string of the molecule is CCOC(=O)C#CC1(OC2CCCCO2)CCC1. The summed E-state index contributed by atoms with van der Waals surface area (Å²) in [6, 6.07) is 0. The van der Waals surface area contributed by atoms with E-state index in [1.54, 1.807) is 6.92 Å². The molecule has 0 aromatic heterocycles. The molecule has 2 aliphatic rings. The van der Waals surface area contributed by atoms with Gasteiger partial charge in [0.1, 0.15) is 5.60 Å². The molecule has 0 N–H and O–H groups in total. The van der Waals surface area contributed by atoms with Crippen molar-refractivity contribution in [2.45, 2.75) is 57.3 Å². The van der Waals surface area contributed by atoms with Gasteiger partial charge in [0.2, 0.25) is 0 Å². The lowest BCUT2D eigenvalue weighted by Crippen LogP contribution is -2.43. The van der Waals surface area contributed by atoms with Crippen LogP contribution >= 0.6 is 0 Å². The molecule has 1 atom stereocenters. The van der Waals surface area contributed by atoms with E-state index in [-0.39, 0.29) is 6.29 Å². The highest BCUT2D eigenvalue weighted by Gasteiger charge is 2.39. The van der Waals surface area contributed by atoms with Crippen LogP contribution in [0.2, 0.25) is 0 Å². The first-order valence-corrected chi connectivity index (χ1v) is 6.73. The van der Waals surface area contributed by atoms with Crippen molar-refractivity contribution in [1.29, 1.82) is 0 Å². The number of rotatable bonds is 3. The molecule has 1 saturated heterocycles. The summed E-state index contributed by atoms with van der Waals surface area (Å²) in [6.45, 7) is 2.88. The molecule has 1 heterocycles. The Labute approximate surface area is 108 Å². The van der Waals surface area contributed by atoms with Crippen LogP contribution in [0.4, 0.5) is 0 Å². The topological polar surface area (TPSA) is 44.8 Å². The molecule has 0 bridgehead atoms. The van der Waals surface area contributed by atoms with Gasteiger partial charge in [-0.3, -0.25) is 0 Å². The van der Waals surface area contributed by atoms with E-state index in [1.807, 2.05) is 0 Å². The minimum absolute atomic E-state index is 0.157. The highest BCUT2D eigenvalue weighted by molar-refractivity contribution is 5.88. The molecule has 0 radical (unpaired) electrons. The van der Waals surface area contributed by atoms with E-state index in [9.17, 15) is 4.79 Å². The maximum atomic E-state index is 11.2. The Morgan fingerprint density at radius 1 is 1.39 bits per heavy atom. The Balaban J connectivity index is 1.91. The number of hydrogen-bond acceptors (Lipinski definition) is 4. The standard InChI is InChI=1S/C14H20O4/c1-2-16-12(15)7-10-14(8-5-9-14)18-13-6-3-4-11-17-13/h13H,2-6,8-9,11H2,1H3. The van der Waals surface area contributed by atoms with Crippen molar-refractivity contribution in [3.63, 3.8) is 0 Å². The van der Waals surface area contributed by atoms with Crippen molar-refractivity contribution < 1.29 is 19.0 Å². The first-order valence-electron chi connectivity index (χ1n) is 6.73. The van der Waals surface area contributed by atoms with Gasteiger partial charge in [-0.25, -0.2) is 4.79 Å². The number of hydrogen-bond donors (Lipinski definition) is 0. The van der Waals surface area contributed by atoms with E-state index >= 15 is 0 Å². The molecule has 1 aliphatic carbocycles. The summed E-state index contributed by atoms with van der Waals surface area (Å²) in [5.41, 5.74) is -0.477. The van der Waals surface area contributed by atoms with Gasteiger partial charge in [0.25, 0.3) is 0 Å². The number of carbonyl (C=O) groups is 1.